The predicted octanol–water partition coefficient (Wildman–Crippen LogP) is 4.45. The zero-order valence-electron chi connectivity index (χ0n) is 14.7. The van der Waals surface area contributed by atoms with Gasteiger partial charge in [-0.3, -0.25) is 0 Å². The van der Waals surface area contributed by atoms with Gasteiger partial charge in [0.1, 0.15) is 0 Å². The van der Waals surface area contributed by atoms with E-state index in [-0.39, 0.29) is 5.97 Å². The summed E-state index contributed by atoms with van der Waals surface area (Å²) in [5, 5.41) is 0. The van der Waals surface area contributed by atoms with Crippen LogP contribution in [0.3, 0.4) is 0 Å². The van der Waals surface area contributed by atoms with Crippen molar-refractivity contribution >= 4 is 11.9 Å². The highest BCUT2D eigenvalue weighted by molar-refractivity contribution is 5.86. The minimum absolute atomic E-state index is 0.264. The number of hydrogen-bond donors (Lipinski definition) is 0. The SMILES string of the molecule is C=C(C)C(=O)OCCCCCCCC(C)C.C=CC(=O)OC. The molecule has 0 heterocycles. The van der Waals surface area contributed by atoms with Gasteiger partial charge in [0.25, 0.3) is 0 Å². The van der Waals surface area contributed by atoms with Crippen LogP contribution in [0.4, 0.5) is 0 Å². The summed E-state index contributed by atoms with van der Waals surface area (Å²) in [6.07, 6.45) is 8.43. The highest BCUT2D eigenvalue weighted by atomic mass is 16.5. The molecular formula is C18H32O4. The number of rotatable bonds is 10. The second kappa shape index (κ2) is 15.8. The smallest absolute Gasteiger partial charge is 0.333 e. The number of hydrogen-bond acceptors (Lipinski definition) is 4. The van der Waals surface area contributed by atoms with Crippen molar-refractivity contribution in [2.24, 2.45) is 5.92 Å². The molecule has 0 N–H and O–H groups in total. The fourth-order valence-electron chi connectivity index (χ4n) is 1.56. The molecule has 22 heavy (non-hydrogen) atoms. The van der Waals surface area contributed by atoms with Crippen LogP contribution in [0.25, 0.3) is 0 Å². The average molecular weight is 312 g/mol. The van der Waals surface area contributed by atoms with Crippen LogP contribution < -0.4 is 0 Å². The van der Waals surface area contributed by atoms with Crippen LogP contribution in [0, 0.1) is 5.92 Å². The van der Waals surface area contributed by atoms with E-state index in [4.69, 9.17) is 4.74 Å². The van der Waals surface area contributed by atoms with Gasteiger partial charge in [0.05, 0.1) is 13.7 Å². The lowest BCUT2D eigenvalue weighted by atomic mass is 10.0. The van der Waals surface area contributed by atoms with Crippen molar-refractivity contribution in [1.82, 2.24) is 0 Å². The summed E-state index contributed by atoms with van der Waals surface area (Å²) >= 11 is 0. The molecular weight excluding hydrogens is 280 g/mol. The van der Waals surface area contributed by atoms with Crippen LogP contribution in [0.15, 0.2) is 24.8 Å². The summed E-state index contributed by atoms with van der Waals surface area (Å²) in [6, 6.07) is 0. The highest BCUT2D eigenvalue weighted by Gasteiger charge is 2.01. The highest BCUT2D eigenvalue weighted by Crippen LogP contribution is 2.10. The van der Waals surface area contributed by atoms with Crippen LogP contribution in [-0.4, -0.2) is 25.7 Å². The number of esters is 2. The Hall–Kier alpha value is -1.58. The Morgan fingerprint density at radius 1 is 1.09 bits per heavy atom. The minimum Gasteiger partial charge on any atom is -0.466 e. The molecule has 0 aliphatic carbocycles. The predicted molar refractivity (Wildman–Crippen MR) is 90.5 cm³/mol. The lowest BCUT2D eigenvalue weighted by molar-refractivity contribution is -0.139. The van der Waals surface area contributed by atoms with Crippen molar-refractivity contribution in [3.05, 3.63) is 24.8 Å². The van der Waals surface area contributed by atoms with Gasteiger partial charge in [-0.2, -0.15) is 0 Å². The van der Waals surface area contributed by atoms with E-state index in [0.29, 0.717) is 12.2 Å². The fraction of sp³-hybridized carbons (Fsp3) is 0.667. The first-order chi connectivity index (χ1) is 10.3. The Bertz CT molecular complexity index is 332. The molecule has 0 spiro atoms. The van der Waals surface area contributed by atoms with Crippen molar-refractivity contribution in [3.63, 3.8) is 0 Å². The van der Waals surface area contributed by atoms with Crippen LogP contribution in [0.1, 0.15) is 59.3 Å². The Morgan fingerprint density at radius 2 is 1.64 bits per heavy atom. The molecule has 0 atom stereocenters. The maximum atomic E-state index is 11.0. The molecule has 0 aliphatic rings. The van der Waals surface area contributed by atoms with E-state index in [1.54, 1.807) is 6.92 Å². The van der Waals surface area contributed by atoms with E-state index < -0.39 is 5.97 Å². The molecule has 4 nitrogen and oxygen atoms in total. The van der Waals surface area contributed by atoms with Crippen molar-refractivity contribution in [1.29, 1.82) is 0 Å². The summed E-state index contributed by atoms with van der Waals surface area (Å²) in [5.41, 5.74) is 0.483. The molecule has 0 aromatic heterocycles. The van der Waals surface area contributed by atoms with Crippen LogP contribution in [0.2, 0.25) is 0 Å². The second-order valence-electron chi connectivity index (χ2n) is 5.59. The lowest BCUT2D eigenvalue weighted by Gasteiger charge is -2.05. The molecule has 0 aromatic carbocycles. The number of ether oxygens (including phenoxy) is 2. The Labute approximate surface area is 135 Å². The minimum atomic E-state index is -0.394. The first kappa shape index (κ1) is 22.7. The topological polar surface area (TPSA) is 52.6 Å². The zero-order chi connectivity index (χ0) is 17.4. The molecule has 0 radical (unpaired) electrons. The third kappa shape index (κ3) is 18.4. The molecule has 0 fully saturated rings. The quantitative estimate of drug-likeness (QED) is 0.340. The van der Waals surface area contributed by atoms with Gasteiger partial charge in [-0.05, 0) is 19.3 Å². The van der Waals surface area contributed by atoms with Crippen molar-refractivity contribution in [2.75, 3.05) is 13.7 Å². The molecule has 0 aliphatic heterocycles. The average Bonchev–Trinajstić information content (AvgIpc) is 2.48. The van der Waals surface area contributed by atoms with E-state index in [2.05, 4.69) is 31.7 Å². The molecule has 0 unspecified atom stereocenters. The maximum Gasteiger partial charge on any atom is 0.333 e. The molecule has 0 amide bonds. The summed E-state index contributed by atoms with van der Waals surface area (Å²) in [4.78, 5) is 20.9. The summed E-state index contributed by atoms with van der Waals surface area (Å²) in [6.45, 7) is 13.4. The standard InChI is InChI=1S/C14H26O2.C4H6O2/c1-12(2)10-8-6-5-7-9-11-16-14(15)13(3)4;1-3-4(5)6-2/h12H,3,5-11H2,1-2,4H3;3H,1H2,2H3. The molecule has 0 bridgehead atoms. The molecule has 0 saturated heterocycles. The van der Waals surface area contributed by atoms with Gasteiger partial charge < -0.3 is 9.47 Å². The van der Waals surface area contributed by atoms with E-state index >= 15 is 0 Å². The third-order valence-electron chi connectivity index (χ3n) is 2.88. The van der Waals surface area contributed by atoms with Gasteiger partial charge in [0.15, 0.2) is 0 Å². The Kier molecular flexibility index (Phi) is 16.3. The van der Waals surface area contributed by atoms with Crippen LogP contribution in [0.5, 0.6) is 0 Å². The Balaban J connectivity index is 0. The molecule has 0 aromatic rings. The van der Waals surface area contributed by atoms with Gasteiger partial charge >= 0.3 is 11.9 Å². The maximum absolute atomic E-state index is 11.0. The summed E-state index contributed by atoms with van der Waals surface area (Å²) < 4.78 is 9.15. The van der Waals surface area contributed by atoms with E-state index in [9.17, 15) is 9.59 Å². The van der Waals surface area contributed by atoms with Crippen molar-refractivity contribution < 1.29 is 19.1 Å². The number of carbonyl (C=O) groups excluding carboxylic acids is 2. The number of carbonyl (C=O) groups is 2. The first-order valence-electron chi connectivity index (χ1n) is 7.88. The molecule has 0 saturated carbocycles. The summed E-state index contributed by atoms with van der Waals surface area (Å²) in [7, 11) is 1.31. The Morgan fingerprint density at radius 3 is 2.05 bits per heavy atom. The van der Waals surface area contributed by atoms with E-state index in [1.165, 1.54) is 32.8 Å². The fourth-order valence-corrected chi connectivity index (χ4v) is 1.56. The van der Waals surface area contributed by atoms with E-state index in [0.717, 1.165) is 24.8 Å². The third-order valence-corrected chi connectivity index (χ3v) is 2.88. The van der Waals surface area contributed by atoms with Gasteiger partial charge in [-0.1, -0.05) is 59.1 Å². The zero-order valence-corrected chi connectivity index (χ0v) is 14.7. The van der Waals surface area contributed by atoms with Crippen LogP contribution in [-0.2, 0) is 19.1 Å². The number of unbranched alkanes of at least 4 members (excludes halogenated alkanes) is 4. The molecule has 4 heteroatoms. The van der Waals surface area contributed by atoms with Gasteiger partial charge in [0, 0.05) is 11.6 Å². The van der Waals surface area contributed by atoms with E-state index in [1.807, 2.05) is 0 Å². The van der Waals surface area contributed by atoms with Crippen LogP contribution >= 0.6 is 0 Å². The lowest BCUT2D eigenvalue weighted by Crippen LogP contribution is -2.05. The van der Waals surface area contributed by atoms with Gasteiger partial charge in [0.2, 0.25) is 0 Å². The largest absolute Gasteiger partial charge is 0.466 e. The monoisotopic (exact) mass is 312 g/mol. The van der Waals surface area contributed by atoms with Crippen molar-refractivity contribution in [2.45, 2.75) is 59.3 Å². The molecule has 0 rings (SSSR count). The first-order valence-corrected chi connectivity index (χ1v) is 7.88. The number of methoxy groups -OCH3 is 1. The normalized spacial score (nSPS) is 9.50. The van der Waals surface area contributed by atoms with Gasteiger partial charge in [-0.15, -0.1) is 0 Å². The molecule has 128 valence electrons. The van der Waals surface area contributed by atoms with Crippen molar-refractivity contribution in [3.8, 4) is 0 Å². The second-order valence-corrected chi connectivity index (χ2v) is 5.59. The summed E-state index contributed by atoms with van der Waals surface area (Å²) in [5.74, 6) is 0.159. The van der Waals surface area contributed by atoms with Gasteiger partial charge in [-0.25, -0.2) is 9.59 Å².